The zero-order chi connectivity index (χ0) is 12.1. The Bertz CT molecular complexity index is 381. The number of nitrogens with zero attached hydrogens (tertiary/aromatic N) is 1. The Morgan fingerprint density at radius 2 is 2.25 bits per heavy atom. The van der Waals surface area contributed by atoms with Crippen molar-refractivity contribution < 1.29 is 4.79 Å². The maximum absolute atomic E-state index is 11.1. The summed E-state index contributed by atoms with van der Waals surface area (Å²) < 4.78 is 1.11. The molecule has 0 saturated heterocycles. The summed E-state index contributed by atoms with van der Waals surface area (Å²) in [6, 6.07) is 5.90. The first kappa shape index (κ1) is 13.1. The topological polar surface area (TPSA) is 58.4 Å². The smallest absolute Gasteiger partial charge is 0.221 e. The Labute approximate surface area is 109 Å². The van der Waals surface area contributed by atoms with Crippen LogP contribution in [0.15, 0.2) is 18.2 Å². The maximum atomic E-state index is 11.1. The van der Waals surface area contributed by atoms with Gasteiger partial charge in [0.25, 0.3) is 0 Å². The van der Waals surface area contributed by atoms with Crippen molar-refractivity contribution in [3.8, 4) is 0 Å². The summed E-state index contributed by atoms with van der Waals surface area (Å²) in [6.07, 6.45) is 0.471. The lowest BCUT2D eigenvalue weighted by atomic mass is 10.2. The number of anilines is 2. The lowest BCUT2D eigenvalue weighted by Gasteiger charge is -2.20. The number of benzene rings is 1. The lowest BCUT2D eigenvalue weighted by molar-refractivity contribution is -0.120. The predicted octanol–water partition coefficient (Wildman–Crippen LogP) is 1.45. The number of nitrogens with one attached hydrogen (secondary N) is 1. The van der Waals surface area contributed by atoms with Crippen LogP contribution in [0.4, 0.5) is 11.4 Å². The molecule has 0 saturated carbocycles. The van der Waals surface area contributed by atoms with Crippen molar-refractivity contribution in [2.75, 3.05) is 31.3 Å². The highest BCUT2D eigenvalue weighted by Gasteiger charge is 2.07. The molecular weight excluding hydrogens is 317 g/mol. The molecule has 1 amide bonds. The second kappa shape index (κ2) is 5.93. The molecule has 16 heavy (non-hydrogen) atoms. The summed E-state index contributed by atoms with van der Waals surface area (Å²) in [5, 5.41) is 2.60. The Hall–Kier alpha value is -0.980. The van der Waals surface area contributed by atoms with E-state index in [2.05, 4.69) is 27.9 Å². The number of hydrogen-bond donors (Lipinski definition) is 2. The van der Waals surface area contributed by atoms with Gasteiger partial charge in [-0.15, -0.1) is 0 Å². The van der Waals surface area contributed by atoms with Crippen molar-refractivity contribution >= 4 is 39.9 Å². The highest BCUT2D eigenvalue weighted by atomic mass is 127. The van der Waals surface area contributed by atoms with E-state index in [0.717, 1.165) is 14.9 Å². The molecule has 1 aromatic carbocycles. The summed E-state index contributed by atoms with van der Waals surface area (Å²) in [5.74, 6) is 0.0379. The molecule has 1 rings (SSSR count). The van der Waals surface area contributed by atoms with E-state index in [1.807, 2.05) is 30.1 Å². The van der Waals surface area contributed by atoms with Crippen molar-refractivity contribution in [1.29, 1.82) is 0 Å². The highest BCUT2D eigenvalue weighted by molar-refractivity contribution is 14.1. The number of carbonyl (C=O) groups is 1. The van der Waals surface area contributed by atoms with E-state index in [0.29, 0.717) is 13.0 Å². The molecule has 0 radical (unpaired) electrons. The number of halogens is 1. The van der Waals surface area contributed by atoms with E-state index in [-0.39, 0.29) is 5.91 Å². The zero-order valence-corrected chi connectivity index (χ0v) is 11.6. The summed E-state index contributed by atoms with van der Waals surface area (Å²) in [6.45, 7) is 0.657. The first-order valence-corrected chi connectivity index (χ1v) is 6.09. The van der Waals surface area contributed by atoms with Crippen LogP contribution >= 0.6 is 22.6 Å². The van der Waals surface area contributed by atoms with Gasteiger partial charge >= 0.3 is 0 Å². The quantitative estimate of drug-likeness (QED) is 0.648. The van der Waals surface area contributed by atoms with Gasteiger partial charge in [-0.3, -0.25) is 4.79 Å². The van der Waals surface area contributed by atoms with Gasteiger partial charge in [-0.25, -0.2) is 0 Å². The van der Waals surface area contributed by atoms with Crippen molar-refractivity contribution in [2.45, 2.75) is 6.42 Å². The minimum atomic E-state index is 0.0379. The molecule has 0 aliphatic heterocycles. The number of amides is 1. The number of hydrogen-bond acceptors (Lipinski definition) is 3. The SMILES string of the molecule is CNC(=O)CCN(C)c1ccc(I)cc1N. The molecule has 1 aromatic rings. The second-order valence-corrected chi connectivity index (χ2v) is 4.79. The number of nitrogens with two attached hydrogens (primary N) is 1. The fraction of sp³-hybridized carbons (Fsp3) is 0.364. The largest absolute Gasteiger partial charge is 0.397 e. The van der Waals surface area contributed by atoms with Gasteiger partial charge in [0.15, 0.2) is 0 Å². The van der Waals surface area contributed by atoms with Gasteiger partial charge in [-0.2, -0.15) is 0 Å². The molecule has 0 heterocycles. The van der Waals surface area contributed by atoms with E-state index >= 15 is 0 Å². The molecule has 0 fully saturated rings. The Morgan fingerprint density at radius 3 is 2.81 bits per heavy atom. The fourth-order valence-electron chi connectivity index (χ4n) is 1.39. The molecule has 0 spiro atoms. The number of nitrogen functional groups attached to an aromatic ring is 1. The molecule has 4 nitrogen and oxygen atoms in total. The molecular formula is C11H16IN3O. The molecule has 0 atom stereocenters. The van der Waals surface area contributed by atoms with E-state index in [1.54, 1.807) is 7.05 Å². The van der Waals surface area contributed by atoms with Gasteiger partial charge < -0.3 is 16.0 Å². The normalized spacial score (nSPS) is 9.94. The average Bonchev–Trinajstić information content (AvgIpc) is 2.25. The van der Waals surface area contributed by atoms with Gasteiger partial charge in [0, 0.05) is 30.6 Å². The summed E-state index contributed by atoms with van der Waals surface area (Å²) in [4.78, 5) is 13.1. The third kappa shape index (κ3) is 3.55. The van der Waals surface area contributed by atoms with Gasteiger partial charge in [-0.05, 0) is 40.8 Å². The van der Waals surface area contributed by atoms with Crippen LogP contribution in [0.3, 0.4) is 0 Å². The molecule has 0 aromatic heterocycles. The van der Waals surface area contributed by atoms with Crippen LogP contribution in [0.5, 0.6) is 0 Å². The van der Waals surface area contributed by atoms with Gasteiger partial charge in [0.05, 0.1) is 11.4 Å². The van der Waals surface area contributed by atoms with Crippen LogP contribution in [-0.4, -0.2) is 26.5 Å². The molecule has 0 unspecified atom stereocenters. The average molecular weight is 333 g/mol. The monoisotopic (exact) mass is 333 g/mol. The van der Waals surface area contributed by atoms with Crippen molar-refractivity contribution in [3.63, 3.8) is 0 Å². The molecule has 88 valence electrons. The summed E-state index contributed by atoms with van der Waals surface area (Å²) >= 11 is 2.22. The van der Waals surface area contributed by atoms with Crippen LogP contribution in [0.1, 0.15) is 6.42 Å². The van der Waals surface area contributed by atoms with Crippen LogP contribution in [0, 0.1) is 3.57 Å². The van der Waals surface area contributed by atoms with E-state index in [1.165, 1.54) is 0 Å². The molecule has 0 aliphatic rings. The van der Waals surface area contributed by atoms with Gasteiger partial charge in [-0.1, -0.05) is 0 Å². The van der Waals surface area contributed by atoms with Crippen LogP contribution in [-0.2, 0) is 4.79 Å². The number of carbonyl (C=O) groups excluding carboxylic acids is 1. The van der Waals surface area contributed by atoms with Crippen molar-refractivity contribution in [2.24, 2.45) is 0 Å². The fourth-order valence-corrected chi connectivity index (χ4v) is 1.90. The first-order valence-electron chi connectivity index (χ1n) is 5.01. The van der Waals surface area contributed by atoms with Gasteiger partial charge in [0.2, 0.25) is 5.91 Å². The lowest BCUT2D eigenvalue weighted by Crippen LogP contribution is -2.26. The number of rotatable bonds is 4. The van der Waals surface area contributed by atoms with E-state index < -0.39 is 0 Å². The van der Waals surface area contributed by atoms with Crippen LogP contribution in [0.2, 0.25) is 0 Å². The Kier molecular flexibility index (Phi) is 4.85. The van der Waals surface area contributed by atoms with Crippen molar-refractivity contribution in [3.05, 3.63) is 21.8 Å². The van der Waals surface area contributed by atoms with Gasteiger partial charge in [0.1, 0.15) is 0 Å². The summed E-state index contributed by atoms with van der Waals surface area (Å²) in [5.41, 5.74) is 7.62. The standard InChI is InChI=1S/C11H16IN3O/c1-14-11(16)5-6-15(2)10-4-3-8(12)7-9(10)13/h3-4,7H,5-6,13H2,1-2H3,(H,14,16). The molecule has 0 bridgehead atoms. The Morgan fingerprint density at radius 1 is 1.56 bits per heavy atom. The zero-order valence-electron chi connectivity index (χ0n) is 9.46. The predicted molar refractivity (Wildman–Crippen MR) is 75.5 cm³/mol. The Balaban J connectivity index is 2.65. The first-order chi connectivity index (χ1) is 7.54. The third-order valence-corrected chi connectivity index (χ3v) is 3.02. The molecule has 5 heteroatoms. The molecule has 3 N–H and O–H groups in total. The minimum Gasteiger partial charge on any atom is -0.397 e. The van der Waals surface area contributed by atoms with E-state index in [9.17, 15) is 4.79 Å². The van der Waals surface area contributed by atoms with Crippen molar-refractivity contribution in [1.82, 2.24) is 5.32 Å². The molecule has 0 aliphatic carbocycles. The third-order valence-electron chi connectivity index (χ3n) is 2.35. The summed E-state index contributed by atoms with van der Waals surface area (Å²) in [7, 11) is 3.57. The minimum absolute atomic E-state index is 0.0379. The van der Waals surface area contributed by atoms with Crippen LogP contribution < -0.4 is 16.0 Å². The highest BCUT2D eigenvalue weighted by Crippen LogP contribution is 2.24. The second-order valence-electron chi connectivity index (χ2n) is 3.55. The van der Waals surface area contributed by atoms with Crippen LogP contribution in [0.25, 0.3) is 0 Å². The maximum Gasteiger partial charge on any atom is 0.221 e. The van der Waals surface area contributed by atoms with E-state index in [4.69, 9.17) is 5.73 Å².